The van der Waals surface area contributed by atoms with Crippen molar-refractivity contribution in [3.8, 4) is 17.6 Å². The molecule has 1 amide bonds. The number of hydrogen-bond donors (Lipinski definition) is 2. The molecule has 2 aromatic carbocycles. The number of hydrogen-bond acceptors (Lipinski definition) is 8. The lowest BCUT2D eigenvalue weighted by molar-refractivity contribution is -0.116. The van der Waals surface area contributed by atoms with Gasteiger partial charge in [0.05, 0.1) is 40.8 Å². The summed E-state index contributed by atoms with van der Waals surface area (Å²) in [5.74, 6) is 0.474. The van der Waals surface area contributed by atoms with Gasteiger partial charge < -0.3 is 25.0 Å². The van der Waals surface area contributed by atoms with Crippen molar-refractivity contribution in [3.63, 3.8) is 0 Å². The number of carbonyl (C=O) groups excluding carboxylic acids is 1. The Morgan fingerprint density at radius 1 is 1.14 bits per heavy atom. The van der Waals surface area contributed by atoms with E-state index in [9.17, 15) is 10.1 Å². The molecule has 2 N–H and O–H groups in total. The summed E-state index contributed by atoms with van der Waals surface area (Å²) in [4.78, 5) is 24.1. The van der Waals surface area contributed by atoms with Crippen molar-refractivity contribution in [2.24, 2.45) is 10.9 Å². The fraction of sp³-hybridized carbons (Fsp3) is 0.375. The quantitative estimate of drug-likeness (QED) is 0.248. The molecule has 1 aromatic heterocycles. The van der Waals surface area contributed by atoms with Crippen molar-refractivity contribution >= 4 is 40.8 Å². The van der Waals surface area contributed by atoms with Crippen molar-refractivity contribution in [2.45, 2.75) is 45.3 Å². The number of aromatic nitrogens is 1. The molecule has 1 saturated heterocycles. The standard InChI is InChI=1S/C32H35ClN6O3/c1-2-41-30-18-27-25(17-28(30)38-31(40)9-7-15-39-13-5-6-14-39)32(22(19-34)20-36-27)37-23-10-11-29(26(33)16-23)42-21-24-8-3-4-12-35-24/h3-4,8,10-12,16-18,20,22,32,37H,2,5-7,9,13-15,21H2,1H3,(H,38,40). The van der Waals surface area contributed by atoms with Crippen LogP contribution in [0.3, 0.4) is 0 Å². The predicted molar refractivity (Wildman–Crippen MR) is 165 cm³/mol. The van der Waals surface area contributed by atoms with E-state index in [1.54, 1.807) is 24.5 Å². The van der Waals surface area contributed by atoms with Crippen LogP contribution in [0.4, 0.5) is 17.1 Å². The number of pyridine rings is 1. The van der Waals surface area contributed by atoms with Crippen LogP contribution in [0.2, 0.25) is 5.02 Å². The molecule has 2 aliphatic rings. The van der Waals surface area contributed by atoms with Crippen LogP contribution in [0.1, 0.15) is 49.9 Å². The molecule has 0 bridgehead atoms. The summed E-state index contributed by atoms with van der Waals surface area (Å²) in [5, 5.41) is 16.9. The van der Waals surface area contributed by atoms with E-state index >= 15 is 0 Å². The Morgan fingerprint density at radius 2 is 2.00 bits per heavy atom. The van der Waals surface area contributed by atoms with Crippen LogP contribution in [0.5, 0.6) is 11.5 Å². The number of amides is 1. The zero-order valence-electron chi connectivity index (χ0n) is 23.7. The minimum atomic E-state index is -0.543. The first-order valence-electron chi connectivity index (χ1n) is 14.4. The molecule has 218 valence electrons. The molecule has 3 heterocycles. The van der Waals surface area contributed by atoms with Gasteiger partial charge in [0, 0.05) is 36.1 Å². The molecule has 0 spiro atoms. The van der Waals surface area contributed by atoms with E-state index in [4.69, 9.17) is 21.1 Å². The summed E-state index contributed by atoms with van der Waals surface area (Å²) >= 11 is 6.56. The van der Waals surface area contributed by atoms with Crippen LogP contribution in [0.25, 0.3) is 0 Å². The zero-order valence-corrected chi connectivity index (χ0v) is 24.4. The summed E-state index contributed by atoms with van der Waals surface area (Å²) in [7, 11) is 0. The fourth-order valence-electron chi connectivity index (χ4n) is 5.24. The van der Waals surface area contributed by atoms with Crippen LogP contribution in [0.15, 0.2) is 59.7 Å². The molecule has 3 aromatic rings. The van der Waals surface area contributed by atoms with E-state index in [2.05, 4.69) is 31.6 Å². The Hall–Kier alpha value is -4.13. The molecule has 1 fully saturated rings. The molecular weight excluding hydrogens is 552 g/mol. The number of nitriles is 1. The van der Waals surface area contributed by atoms with Crippen LogP contribution < -0.4 is 20.1 Å². The van der Waals surface area contributed by atoms with Gasteiger partial charge in [0.1, 0.15) is 24.0 Å². The first kappa shape index (κ1) is 29.4. The summed E-state index contributed by atoms with van der Waals surface area (Å²) in [6.45, 7) is 5.79. The molecule has 2 atom stereocenters. The molecule has 2 unspecified atom stereocenters. The molecule has 2 aliphatic heterocycles. The number of likely N-dealkylation sites (tertiary alicyclic amines) is 1. The minimum absolute atomic E-state index is 0.0659. The lowest BCUT2D eigenvalue weighted by atomic mass is 9.90. The van der Waals surface area contributed by atoms with Crippen molar-refractivity contribution in [1.29, 1.82) is 5.26 Å². The van der Waals surface area contributed by atoms with Gasteiger partial charge in [-0.15, -0.1) is 0 Å². The topological polar surface area (TPSA) is 112 Å². The summed E-state index contributed by atoms with van der Waals surface area (Å²) in [6, 6.07) is 16.6. The highest BCUT2D eigenvalue weighted by molar-refractivity contribution is 6.32. The van der Waals surface area contributed by atoms with Crippen molar-refractivity contribution < 1.29 is 14.3 Å². The first-order valence-corrected chi connectivity index (χ1v) is 14.8. The molecule has 9 nitrogen and oxygen atoms in total. The SMILES string of the molecule is CCOc1cc2c(cc1NC(=O)CCCN1CCCC1)C(Nc1ccc(OCc3ccccn3)c(Cl)c1)C(C#N)C=N2. The first-order chi connectivity index (χ1) is 20.5. The van der Waals surface area contributed by atoms with E-state index in [-0.39, 0.29) is 5.91 Å². The number of nitrogens with one attached hydrogen (secondary N) is 2. The number of aliphatic imine (C=N–C) groups is 1. The Labute approximate surface area is 251 Å². The van der Waals surface area contributed by atoms with Gasteiger partial charge in [0.25, 0.3) is 0 Å². The Bertz CT molecular complexity index is 1450. The molecule has 10 heteroatoms. The third-order valence-electron chi connectivity index (χ3n) is 7.35. The van der Waals surface area contributed by atoms with E-state index in [0.29, 0.717) is 47.5 Å². The summed E-state index contributed by atoms with van der Waals surface area (Å²) < 4.78 is 11.7. The molecule has 42 heavy (non-hydrogen) atoms. The highest BCUT2D eigenvalue weighted by Gasteiger charge is 2.30. The van der Waals surface area contributed by atoms with Crippen LogP contribution in [-0.2, 0) is 11.4 Å². The normalized spacial score (nSPS) is 17.7. The van der Waals surface area contributed by atoms with Gasteiger partial charge in [-0.05, 0) is 82.2 Å². The zero-order chi connectivity index (χ0) is 29.3. The lowest BCUT2D eigenvalue weighted by Gasteiger charge is -2.28. The number of rotatable bonds is 12. The Morgan fingerprint density at radius 3 is 2.74 bits per heavy atom. The second kappa shape index (κ2) is 14.2. The molecule has 5 rings (SSSR count). The van der Waals surface area contributed by atoms with Gasteiger partial charge in [-0.1, -0.05) is 17.7 Å². The van der Waals surface area contributed by atoms with Crippen LogP contribution in [-0.4, -0.2) is 48.2 Å². The van der Waals surface area contributed by atoms with Gasteiger partial charge in [-0.3, -0.25) is 14.8 Å². The smallest absolute Gasteiger partial charge is 0.224 e. The number of halogens is 1. The minimum Gasteiger partial charge on any atom is -0.492 e. The number of ether oxygens (including phenoxy) is 2. The number of benzene rings is 2. The average molecular weight is 587 g/mol. The molecule has 0 saturated carbocycles. The summed E-state index contributed by atoms with van der Waals surface area (Å²) in [5.41, 5.74) is 3.55. The number of anilines is 2. The largest absolute Gasteiger partial charge is 0.492 e. The van der Waals surface area contributed by atoms with Gasteiger partial charge in [-0.2, -0.15) is 5.26 Å². The third-order valence-corrected chi connectivity index (χ3v) is 7.65. The maximum Gasteiger partial charge on any atom is 0.224 e. The van der Waals surface area contributed by atoms with Gasteiger partial charge in [-0.25, -0.2) is 0 Å². The molecule has 0 aliphatic carbocycles. The van der Waals surface area contributed by atoms with E-state index in [1.165, 1.54) is 12.8 Å². The predicted octanol–water partition coefficient (Wildman–Crippen LogP) is 6.54. The number of carbonyl (C=O) groups is 1. The highest BCUT2D eigenvalue weighted by atomic mass is 35.5. The van der Waals surface area contributed by atoms with Crippen LogP contribution in [0, 0.1) is 17.2 Å². The second-order valence-corrected chi connectivity index (χ2v) is 10.8. The Balaban J connectivity index is 1.32. The number of fused-ring (bicyclic) bond motifs is 1. The van der Waals surface area contributed by atoms with E-state index in [0.717, 1.165) is 43.0 Å². The van der Waals surface area contributed by atoms with E-state index < -0.39 is 12.0 Å². The highest BCUT2D eigenvalue weighted by Crippen LogP contribution is 2.43. The fourth-order valence-corrected chi connectivity index (χ4v) is 5.47. The molecule has 0 radical (unpaired) electrons. The van der Waals surface area contributed by atoms with E-state index in [1.807, 2.05) is 43.3 Å². The van der Waals surface area contributed by atoms with Crippen LogP contribution >= 0.6 is 11.6 Å². The second-order valence-electron chi connectivity index (χ2n) is 10.4. The van der Waals surface area contributed by atoms with Crippen molar-refractivity contribution in [2.75, 3.05) is 36.9 Å². The van der Waals surface area contributed by atoms with Crippen molar-refractivity contribution in [1.82, 2.24) is 9.88 Å². The van der Waals surface area contributed by atoms with Gasteiger partial charge >= 0.3 is 0 Å². The lowest BCUT2D eigenvalue weighted by Crippen LogP contribution is -2.24. The maximum absolute atomic E-state index is 12.9. The molecular formula is C32H35ClN6O3. The monoisotopic (exact) mass is 586 g/mol. The van der Waals surface area contributed by atoms with Gasteiger partial charge in [0.2, 0.25) is 5.91 Å². The Kier molecular flexibility index (Phi) is 9.90. The average Bonchev–Trinajstić information content (AvgIpc) is 3.52. The maximum atomic E-state index is 12.9. The summed E-state index contributed by atoms with van der Waals surface area (Å²) in [6.07, 6.45) is 7.04. The van der Waals surface area contributed by atoms with Crippen molar-refractivity contribution in [3.05, 3.63) is 71.0 Å². The van der Waals surface area contributed by atoms with Gasteiger partial charge in [0.15, 0.2) is 0 Å². The number of nitrogens with zero attached hydrogens (tertiary/aromatic N) is 4. The third kappa shape index (κ3) is 7.38.